The number of nitrogens with one attached hydrogen (secondary N) is 1. The summed E-state index contributed by atoms with van der Waals surface area (Å²) in [7, 11) is 0. The molecule has 2 N–H and O–H groups in total. The summed E-state index contributed by atoms with van der Waals surface area (Å²) in [6, 6.07) is 9.32. The van der Waals surface area contributed by atoms with Crippen LogP contribution in [-0.4, -0.2) is 30.4 Å². The number of nitriles is 1. The molecular formula is C15H22N2O2. The van der Waals surface area contributed by atoms with E-state index in [1.165, 1.54) is 0 Å². The molecule has 0 saturated heterocycles. The molecule has 2 atom stereocenters. The smallest absolute Gasteiger partial charge is 0.119 e. The van der Waals surface area contributed by atoms with Gasteiger partial charge in [0.25, 0.3) is 0 Å². The Bertz CT molecular complexity index is 398. The normalized spacial score (nSPS) is 13.6. The lowest BCUT2D eigenvalue weighted by molar-refractivity contribution is 0.104. The van der Waals surface area contributed by atoms with E-state index in [0.717, 1.165) is 12.8 Å². The Morgan fingerprint density at radius 3 is 2.63 bits per heavy atom. The second-order valence-electron chi connectivity index (χ2n) is 4.70. The van der Waals surface area contributed by atoms with Crippen LogP contribution in [0.15, 0.2) is 24.3 Å². The van der Waals surface area contributed by atoms with E-state index in [1.807, 2.05) is 6.07 Å². The van der Waals surface area contributed by atoms with Gasteiger partial charge in [-0.25, -0.2) is 0 Å². The quantitative estimate of drug-likeness (QED) is 0.753. The maximum atomic E-state index is 9.79. The zero-order chi connectivity index (χ0) is 14.1. The first-order chi connectivity index (χ1) is 9.15. The van der Waals surface area contributed by atoms with Crippen LogP contribution in [0.5, 0.6) is 5.75 Å². The summed E-state index contributed by atoms with van der Waals surface area (Å²) < 4.78 is 5.46. The molecule has 0 heterocycles. The zero-order valence-corrected chi connectivity index (χ0v) is 11.6. The van der Waals surface area contributed by atoms with Gasteiger partial charge in [0.05, 0.1) is 11.6 Å². The van der Waals surface area contributed by atoms with E-state index >= 15 is 0 Å². The number of rotatable bonds is 8. The van der Waals surface area contributed by atoms with Gasteiger partial charge in [0.2, 0.25) is 0 Å². The van der Waals surface area contributed by atoms with Gasteiger partial charge in [-0.1, -0.05) is 13.3 Å². The van der Waals surface area contributed by atoms with Gasteiger partial charge in [-0.3, -0.25) is 0 Å². The Labute approximate surface area is 115 Å². The average molecular weight is 262 g/mol. The lowest BCUT2D eigenvalue weighted by atomic mass is 10.2. The van der Waals surface area contributed by atoms with Crippen LogP contribution in [0.4, 0.5) is 0 Å². The Balaban J connectivity index is 2.25. The second-order valence-corrected chi connectivity index (χ2v) is 4.70. The van der Waals surface area contributed by atoms with E-state index in [1.54, 1.807) is 24.3 Å². The molecule has 19 heavy (non-hydrogen) atoms. The number of aliphatic hydroxyl groups excluding tert-OH is 1. The third kappa shape index (κ3) is 6.23. The number of aliphatic hydroxyl groups is 1. The second kappa shape index (κ2) is 8.52. The molecule has 0 saturated carbocycles. The summed E-state index contributed by atoms with van der Waals surface area (Å²) in [4.78, 5) is 0. The maximum Gasteiger partial charge on any atom is 0.119 e. The minimum absolute atomic E-state index is 0.248. The van der Waals surface area contributed by atoms with Crippen molar-refractivity contribution in [2.45, 2.75) is 38.8 Å². The Morgan fingerprint density at radius 1 is 1.37 bits per heavy atom. The summed E-state index contributed by atoms with van der Waals surface area (Å²) >= 11 is 0. The van der Waals surface area contributed by atoms with Gasteiger partial charge in [0, 0.05) is 12.6 Å². The fourth-order valence-electron chi connectivity index (χ4n) is 1.75. The van der Waals surface area contributed by atoms with Gasteiger partial charge in [0.1, 0.15) is 18.5 Å². The van der Waals surface area contributed by atoms with Crippen molar-refractivity contribution in [3.05, 3.63) is 29.8 Å². The van der Waals surface area contributed by atoms with Gasteiger partial charge < -0.3 is 15.2 Å². The van der Waals surface area contributed by atoms with Crippen molar-refractivity contribution in [1.82, 2.24) is 5.32 Å². The van der Waals surface area contributed by atoms with E-state index < -0.39 is 6.10 Å². The summed E-state index contributed by atoms with van der Waals surface area (Å²) in [6.45, 7) is 5.02. The predicted octanol–water partition coefficient (Wildman–Crippen LogP) is 2.08. The molecule has 0 spiro atoms. The SMILES string of the molecule is CCC[C@@H](C)NC[C@@H](O)COc1ccc(C#N)cc1. The molecule has 1 rings (SSSR count). The average Bonchev–Trinajstić information content (AvgIpc) is 2.44. The first-order valence-electron chi connectivity index (χ1n) is 6.70. The highest BCUT2D eigenvalue weighted by molar-refractivity contribution is 5.34. The number of hydrogen-bond donors (Lipinski definition) is 2. The molecule has 1 aromatic rings. The highest BCUT2D eigenvalue weighted by atomic mass is 16.5. The molecule has 1 aromatic carbocycles. The number of ether oxygens (including phenoxy) is 1. The molecule has 0 radical (unpaired) electrons. The molecule has 4 nitrogen and oxygen atoms in total. The Hall–Kier alpha value is -1.57. The standard InChI is InChI=1S/C15H22N2O2/c1-3-4-12(2)17-10-14(18)11-19-15-7-5-13(9-16)6-8-15/h5-8,12,14,17-18H,3-4,10-11H2,1-2H3/t12-,14-/m1/s1. The van der Waals surface area contributed by atoms with E-state index in [9.17, 15) is 5.11 Å². The Morgan fingerprint density at radius 2 is 2.05 bits per heavy atom. The predicted molar refractivity (Wildman–Crippen MR) is 75.0 cm³/mol. The summed E-state index contributed by atoms with van der Waals surface area (Å²) in [5.74, 6) is 0.666. The monoisotopic (exact) mass is 262 g/mol. The summed E-state index contributed by atoms with van der Waals surface area (Å²) in [5.41, 5.74) is 0.600. The fourth-order valence-corrected chi connectivity index (χ4v) is 1.75. The van der Waals surface area contributed by atoms with Crippen LogP contribution >= 0.6 is 0 Å². The summed E-state index contributed by atoms with van der Waals surface area (Å²) in [6.07, 6.45) is 1.70. The van der Waals surface area contributed by atoms with Gasteiger partial charge >= 0.3 is 0 Å². The van der Waals surface area contributed by atoms with Crippen LogP contribution in [0.3, 0.4) is 0 Å². The van der Waals surface area contributed by atoms with Crippen LogP contribution < -0.4 is 10.1 Å². The molecule has 0 amide bonds. The first-order valence-corrected chi connectivity index (χ1v) is 6.70. The van der Waals surface area contributed by atoms with Gasteiger partial charge in [-0.15, -0.1) is 0 Å². The maximum absolute atomic E-state index is 9.79. The molecule has 0 aliphatic heterocycles. The van der Waals surface area contributed by atoms with Crippen LogP contribution in [0.2, 0.25) is 0 Å². The Kier molecular flexibility index (Phi) is 6.94. The highest BCUT2D eigenvalue weighted by Gasteiger charge is 2.07. The van der Waals surface area contributed by atoms with Crippen molar-refractivity contribution in [2.75, 3.05) is 13.2 Å². The number of hydrogen-bond acceptors (Lipinski definition) is 4. The number of nitrogens with zero attached hydrogens (tertiary/aromatic N) is 1. The molecule has 0 unspecified atom stereocenters. The van der Waals surface area contributed by atoms with Gasteiger partial charge in [-0.05, 0) is 37.6 Å². The minimum Gasteiger partial charge on any atom is -0.491 e. The van der Waals surface area contributed by atoms with Crippen LogP contribution in [-0.2, 0) is 0 Å². The van der Waals surface area contributed by atoms with Crippen LogP contribution in [0.1, 0.15) is 32.3 Å². The van der Waals surface area contributed by atoms with E-state index in [2.05, 4.69) is 19.2 Å². The molecule has 0 fully saturated rings. The van der Waals surface area contributed by atoms with E-state index in [0.29, 0.717) is 23.9 Å². The van der Waals surface area contributed by atoms with Crippen molar-refractivity contribution >= 4 is 0 Å². The molecular weight excluding hydrogens is 240 g/mol. The van der Waals surface area contributed by atoms with Crippen molar-refractivity contribution in [1.29, 1.82) is 5.26 Å². The van der Waals surface area contributed by atoms with Gasteiger partial charge in [0.15, 0.2) is 0 Å². The minimum atomic E-state index is -0.532. The molecule has 0 aromatic heterocycles. The fraction of sp³-hybridized carbons (Fsp3) is 0.533. The third-order valence-electron chi connectivity index (χ3n) is 2.85. The van der Waals surface area contributed by atoms with Crippen LogP contribution in [0.25, 0.3) is 0 Å². The van der Waals surface area contributed by atoms with Crippen LogP contribution in [0, 0.1) is 11.3 Å². The topological polar surface area (TPSA) is 65.3 Å². The molecule has 104 valence electrons. The van der Waals surface area contributed by atoms with Gasteiger partial charge in [-0.2, -0.15) is 5.26 Å². The first kappa shape index (κ1) is 15.5. The largest absolute Gasteiger partial charge is 0.491 e. The van der Waals surface area contributed by atoms with E-state index in [4.69, 9.17) is 10.00 Å². The van der Waals surface area contributed by atoms with E-state index in [-0.39, 0.29) is 6.61 Å². The molecule has 4 heteroatoms. The summed E-state index contributed by atoms with van der Waals surface area (Å²) in [5, 5.41) is 21.7. The molecule has 0 bridgehead atoms. The van der Waals surface area contributed by atoms with Crippen molar-refractivity contribution < 1.29 is 9.84 Å². The lowest BCUT2D eigenvalue weighted by Gasteiger charge is -2.17. The molecule has 0 aliphatic carbocycles. The third-order valence-corrected chi connectivity index (χ3v) is 2.85. The highest BCUT2D eigenvalue weighted by Crippen LogP contribution is 2.11. The van der Waals surface area contributed by atoms with Crippen molar-refractivity contribution in [2.24, 2.45) is 0 Å². The lowest BCUT2D eigenvalue weighted by Crippen LogP contribution is -2.36. The van der Waals surface area contributed by atoms with Crippen molar-refractivity contribution in [3.8, 4) is 11.8 Å². The number of benzene rings is 1. The molecule has 0 aliphatic rings. The zero-order valence-electron chi connectivity index (χ0n) is 11.6. The van der Waals surface area contributed by atoms with Crippen molar-refractivity contribution in [3.63, 3.8) is 0 Å².